The van der Waals surface area contributed by atoms with E-state index in [1.165, 1.54) is 12.4 Å². The van der Waals surface area contributed by atoms with Gasteiger partial charge in [-0.3, -0.25) is 4.98 Å². The first kappa shape index (κ1) is 11.0. The second kappa shape index (κ2) is 5.02. The molecule has 0 amide bonds. The molecule has 0 fully saturated rings. The Kier molecular flexibility index (Phi) is 3.25. The van der Waals surface area contributed by atoms with Crippen LogP contribution in [-0.2, 0) is 9.63 Å². The van der Waals surface area contributed by atoms with Gasteiger partial charge < -0.3 is 9.94 Å². The Balaban J connectivity index is 2.11. The summed E-state index contributed by atoms with van der Waals surface area (Å²) >= 11 is 0. The van der Waals surface area contributed by atoms with E-state index < -0.39 is 12.6 Å². The lowest BCUT2D eigenvalue weighted by atomic mass is 10.3. The third-order valence-electron chi connectivity index (χ3n) is 1.91. The largest absolute Gasteiger partial charge is 0.479 e. The number of aromatic nitrogens is 2. The number of carboxylic acids is 1. The summed E-state index contributed by atoms with van der Waals surface area (Å²) in [6, 6.07) is 7.42. The lowest BCUT2D eigenvalue weighted by Gasteiger charge is -1.97. The van der Waals surface area contributed by atoms with E-state index in [1.54, 1.807) is 0 Å². The fourth-order valence-corrected chi connectivity index (χ4v) is 1.22. The van der Waals surface area contributed by atoms with Crippen LogP contribution in [0.3, 0.4) is 0 Å². The molecular weight excluding hydrogens is 222 g/mol. The van der Waals surface area contributed by atoms with Gasteiger partial charge in [-0.2, -0.15) is 0 Å². The van der Waals surface area contributed by atoms with Gasteiger partial charge in [0.2, 0.25) is 6.61 Å². The van der Waals surface area contributed by atoms with E-state index in [0.717, 1.165) is 11.0 Å². The van der Waals surface area contributed by atoms with Gasteiger partial charge in [0.1, 0.15) is 5.69 Å². The number of fused-ring (bicyclic) bond motifs is 1. The Labute approximate surface area is 96.6 Å². The molecule has 0 atom stereocenters. The summed E-state index contributed by atoms with van der Waals surface area (Å²) < 4.78 is 0. The van der Waals surface area contributed by atoms with Crippen LogP contribution in [-0.4, -0.2) is 33.9 Å². The summed E-state index contributed by atoms with van der Waals surface area (Å²) in [5, 5.41) is 11.8. The molecule has 17 heavy (non-hydrogen) atoms. The maximum atomic E-state index is 10.2. The Bertz CT molecular complexity index is 569. The minimum Gasteiger partial charge on any atom is -0.479 e. The number of carboxylic acid groups (broad SMARTS) is 1. The molecule has 0 radical (unpaired) electrons. The number of oxime groups is 1. The summed E-state index contributed by atoms with van der Waals surface area (Å²) in [5.74, 6) is -1.08. The van der Waals surface area contributed by atoms with E-state index in [2.05, 4.69) is 20.0 Å². The lowest BCUT2D eigenvalue weighted by Crippen LogP contribution is -2.03. The zero-order chi connectivity index (χ0) is 12.1. The van der Waals surface area contributed by atoms with E-state index >= 15 is 0 Å². The van der Waals surface area contributed by atoms with Crippen LogP contribution >= 0.6 is 0 Å². The molecule has 86 valence electrons. The molecule has 2 aromatic rings. The molecule has 1 N–H and O–H groups in total. The second-order valence-corrected chi connectivity index (χ2v) is 3.19. The molecule has 0 spiro atoms. The quantitative estimate of drug-likeness (QED) is 0.628. The van der Waals surface area contributed by atoms with Crippen LogP contribution in [0.4, 0.5) is 0 Å². The first-order valence-electron chi connectivity index (χ1n) is 4.84. The molecule has 0 unspecified atom stereocenters. The van der Waals surface area contributed by atoms with Gasteiger partial charge in [0.05, 0.1) is 23.4 Å². The Morgan fingerprint density at radius 1 is 1.41 bits per heavy atom. The summed E-state index contributed by atoms with van der Waals surface area (Å²) in [5.41, 5.74) is 2.04. The van der Waals surface area contributed by atoms with Crippen molar-refractivity contribution in [2.75, 3.05) is 6.61 Å². The van der Waals surface area contributed by atoms with Crippen molar-refractivity contribution in [1.29, 1.82) is 0 Å². The topological polar surface area (TPSA) is 84.7 Å². The third kappa shape index (κ3) is 2.97. The van der Waals surface area contributed by atoms with Crippen LogP contribution in [0.5, 0.6) is 0 Å². The van der Waals surface area contributed by atoms with Crippen LogP contribution < -0.4 is 0 Å². The van der Waals surface area contributed by atoms with Crippen LogP contribution in [0.25, 0.3) is 11.0 Å². The Morgan fingerprint density at radius 3 is 2.94 bits per heavy atom. The van der Waals surface area contributed by atoms with E-state index in [1.807, 2.05) is 24.3 Å². The maximum Gasteiger partial charge on any atom is 0.344 e. The highest BCUT2D eigenvalue weighted by atomic mass is 16.6. The molecule has 0 aliphatic heterocycles. The summed E-state index contributed by atoms with van der Waals surface area (Å²) in [6.45, 7) is -0.475. The molecule has 1 aromatic heterocycles. The lowest BCUT2D eigenvalue weighted by molar-refractivity contribution is -0.142. The van der Waals surface area contributed by atoms with E-state index in [4.69, 9.17) is 5.11 Å². The molecule has 0 bridgehead atoms. The molecule has 6 nitrogen and oxygen atoms in total. The number of hydrogen-bond donors (Lipinski definition) is 1. The monoisotopic (exact) mass is 231 g/mol. The predicted octanol–water partition coefficient (Wildman–Crippen LogP) is 1.06. The molecular formula is C11H9N3O3. The Morgan fingerprint density at radius 2 is 2.18 bits per heavy atom. The first-order chi connectivity index (χ1) is 8.25. The van der Waals surface area contributed by atoms with Crippen molar-refractivity contribution < 1.29 is 14.7 Å². The molecule has 0 aliphatic rings. The molecule has 0 aliphatic carbocycles. The highest BCUT2D eigenvalue weighted by Crippen LogP contribution is 2.07. The highest BCUT2D eigenvalue weighted by molar-refractivity contribution is 5.81. The number of carbonyl (C=O) groups is 1. The second-order valence-electron chi connectivity index (χ2n) is 3.19. The average Bonchev–Trinajstić information content (AvgIpc) is 2.34. The van der Waals surface area contributed by atoms with Gasteiger partial charge in [-0.15, -0.1) is 0 Å². The molecule has 1 heterocycles. The SMILES string of the molecule is O=C(O)CON=Cc1cnc2ccccc2n1. The maximum absolute atomic E-state index is 10.2. The van der Waals surface area contributed by atoms with Crippen molar-refractivity contribution >= 4 is 23.2 Å². The number of benzene rings is 1. The standard InChI is InChI=1S/C11H9N3O3/c15-11(16)7-17-13-6-8-5-12-9-3-1-2-4-10(9)14-8/h1-6H,7H2,(H,15,16). The number of aliphatic carboxylic acids is 1. The van der Waals surface area contributed by atoms with Crippen molar-refractivity contribution in [3.8, 4) is 0 Å². The normalized spacial score (nSPS) is 10.8. The molecule has 0 saturated carbocycles. The average molecular weight is 231 g/mol. The van der Waals surface area contributed by atoms with Gasteiger partial charge in [-0.25, -0.2) is 9.78 Å². The molecule has 0 saturated heterocycles. The number of para-hydroxylation sites is 2. The summed E-state index contributed by atoms with van der Waals surface area (Å²) in [7, 11) is 0. The summed E-state index contributed by atoms with van der Waals surface area (Å²) in [4.78, 5) is 23.1. The minimum absolute atomic E-state index is 0.475. The van der Waals surface area contributed by atoms with Crippen molar-refractivity contribution in [1.82, 2.24) is 9.97 Å². The van der Waals surface area contributed by atoms with E-state index in [9.17, 15) is 4.79 Å². The van der Waals surface area contributed by atoms with Crippen LogP contribution in [0.2, 0.25) is 0 Å². The first-order valence-corrected chi connectivity index (χ1v) is 4.84. The van der Waals surface area contributed by atoms with Gasteiger partial charge in [0.15, 0.2) is 0 Å². The fraction of sp³-hybridized carbons (Fsp3) is 0.0909. The highest BCUT2D eigenvalue weighted by Gasteiger charge is 1.97. The molecule has 6 heteroatoms. The minimum atomic E-state index is -1.08. The summed E-state index contributed by atoms with van der Waals surface area (Å²) in [6.07, 6.45) is 2.86. The molecule has 1 aromatic carbocycles. The van der Waals surface area contributed by atoms with E-state index in [-0.39, 0.29) is 0 Å². The van der Waals surface area contributed by atoms with Crippen molar-refractivity contribution in [2.24, 2.45) is 5.16 Å². The van der Waals surface area contributed by atoms with Crippen molar-refractivity contribution in [3.05, 3.63) is 36.2 Å². The van der Waals surface area contributed by atoms with Gasteiger partial charge in [-0.1, -0.05) is 17.3 Å². The van der Waals surface area contributed by atoms with Crippen molar-refractivity contribution in [3.63, 3.8) is 0 Å². The smallest absolute Gasteiger partial charge is 0.344 e. The number of hydrogen-bond acceptors (Lipinski definition) is 5. The van der Waals surface area contributed by atoms with Gasteiger partial charge in [-0.05, 0) is 12.1 Å². The Hall–Kier alpha value is -2.50. The zero-order valence-electron chi connectivity index (χ0n) is 8.78. The zero-order valence-corrected chi connectivity index (χ0v) is 8.78. The van der Waals surface area contributed by atoms with Gasteiger partial charge in [0.25, 0.3) is 0 Å². The number of nitrogens with zero attached hydrogens (tertiary/aromatic N) is 3. The van der Waals surface area contributed by atoms with E-state index in [0.29, 0.717) is 5.69 Å². The van der Waals surface area contributed by atoms with Crippen LogP contribution in [0, 0.1) is 0 Å². The van der Waals surface area contributed by atoms with Crippen LogP contribution in [0.1, 0.15) is 5.69 Å². The molecule has 2 rings (SSSR count). The van der Waals surface area contributed by atoms with Gasteiger partial charge >= 0.3 is 5.97 Å². The van der Waals surface area contributed by atoms with Gasteiger partial charge in [0, 0.05) is 0 Å². The fourth-order valence-electron chi connectivity index (χ4n) is 1.22. The number of rotatable bonds is 4. The third-order valence-corrected chi connectivity index (χ3v) is 1.91. The van der Waals surface area contributed by atoms with Crippen LogP contribution in [0.15, 0.2) is 35.6 Å². The predicted molar refractivity (Wildman–Crippen MR) is 60.7 cm³/mol. The van der Waals surface area contributed by atoms with Crippen molar-refractivity contribution in [2.45, 2.75) is 0 Å².